The molecule has 1 aromatic heterocycles. The lowest BCUT2D eigenvalue weighted by Gasteiger charge is -2.29. The molecule has 0 radical (unpaired) electrons. The summed E-state index contributed by atoms with van der Waals surface area (Å²) in [5, 5.41) is 0. The highest BCUT2D eigenvalue weighted by Gasteiger charge is 2.23. The maximum absolute atomic E-state index is 12.2. The number of aromatic nitrogens is 1. The van der Waals surface area contributed by atoms with Gasteiger partial charge in [-0.25, -0.2) is 0 Å². The maximum atomic E-state index is 12.2. The number of hydrogen-bond donors (Lipinski definition) is 0. The minimum absolute atomic E-state index is 0.0938. The first-order valence-corrected chi connectivity index (χ1v) is 7.74. The van der Waals surface area contributed by atoms with Crippen LogP contribution >= 0.6 is 0 Å². The van der Waals surface area contributed by atoms with Gasteiger partial charge in [0.2, 0.25) is 5.91 Å². The third kappa shape index (κ3) is 4.00. The molecular weight excluding hydrogens is 292 g/mol. The highest BCUT2D eigenvalue weighted by Crippen LogP contribution is 2.30. The molecule has 2 heterocycles. The molecule has 0 bridgehead atoms. The van der Waals surface area contributed by atoms with E-state index in [0.29, 0.717) is 26.0 Å². The number of rotatable bonds is 5. The van der Waals surface area contributed by atoms with Crippen LogP contribution in [-0.4, -0.2) is 42.1 Å². The van der Waals surface area contributed by atoms with Gasteiger partial charge in [-0.3, -0.25) is 9.78 Å². The number of carbonyl (C=O) groups is 1. The van der Waals surface area contributed by atoms with E-state index in [4.69, 9.17) is 9.47 Å². The highest BCUT2D eigenvalue weighted by molar-refractivity contribution is 5.76. The van der Waals surface area contributed by atoms with Gasteiger partial charge in [0.15, 0.2) is 17.6 Å². The topological polar surface area (TPSA) is 51.7 Å². The van der Waals surface area contributed by atoms with Gasteiger partial charge in [-0.05, 0) is 30.2 Å². The number of carbonyl (C=O) groups excluding carboxylic acids is 1. The molecule has 0 aliphatic carbocycles. The Morgan fingerprint density at radius 2 is 2.09 bits per heavy atom. The monoisotopic (exact) mass is 312 g/mol. The first-order chi connectivity index (χ1) is 11.2. The standard InChI is InChI=1S/C18H20N2O3/c1-20(18(21)9-8-14-5-4-10-19-11-14)12-15-13-22-16-6-2-3-7-17(16)23-15/h2-7,10-11,15H,8-9,12-13H2,1H3/t15-/m0/s1. The van der Waals surface area contributed by atoms with E-state index in [-0.39, 0.29) is 12.0 Å². The van der Waals surface area contributed by atoms with Gasteiger partial charge in [0.05, 0.1) is 6.54 Å². The van der Waals surface area contributed by atoms with E-state index in [1.54, 1.807) is 24.3 Å². The lowest BCUT2D eigenvalue weighted by Crippen LogP contribution is -2.41. The van der Waals surface area contributed by atoms with E-state index in [2.05, 4.69) is 4.98 Å². The van der Waals surface area contributed by atoms with Crippen LogP contribution in [0.4, 0.5) is 0 Å². The average Bonchev–Trinajstić information content (AvgIpc) is 2.60. The van der Waals surface area contributed by atoms with E-state index >= 15 is 0 Å². The summed E-state index contributed by atoms with van der Waals surface area (Å²) >= 11 is 0. The van der Waals surface area contributed by atoms with E-state index in [9.17, 15) is 4.79 Å². The Labute approximate surface area is 135 Å². The van der Waals surface area contributed by atoms with Crippen LogP contribution in [0.2, 0.25) is 0 Å². The minimum atomic E-state index is -0.141. The van der Waals surface area contributed by atoms with Crippen molar-refractivity contribution in [3.05, 3.63) is 54.4 Å². The van der Waals surface area contributed by atoms with Crippen molar-refractivity contribution in [3.8, 4) is 11.5 Å². The zero-order chi connectivity index (χ0) is 16.1. The number of hydrogen-bond acceptors (Lipinski definition) is 4. The second kappa shape index (κ2) is 7.13. The van der Waals surface area contributed by atoms with Crippen molar-refractivity contribution < 1.29 is 14.3 Å². The number of pyridine rings is 1. The average molecular weight is 312 g/mol. The Bertz CT molecular complexity index is 660. The molecule has 1 aromatic carbocycles. The quantitative estimate of drug-likeness (QED) is 0.850. The van der Waals surface area contributed by atoms with Gasteiger partial charge < -0.3 is 14.4 Å². The lowest BCUT2D eigenvalue weighted by molar-refractivity contribution is -0.131. The van der Waals surface area contributed by atoms with Crippen LogP contribution in [0, 0.1) is 0 Å². The number of fused-ring (bicyclic) bond motifs is 1. The molecule has 120 valence electrons. The van der Waals surface area contributed by atoms with Crippen molar-refractivity contribution >= 4 is 5.91 Å². The Kier molecular flexibility index (Phi) is 4.76. The molecule has 0 saturated carbocycles. The van der Waals surface area contributed by atoms with E-state index in [0.717, 1.165) is 17.1 Å². The smallest absolute Gasteiger partial charge is 0.222 e. The first kappa shape index (κ1) is 15.3. The molecule has 0 N–H and O–H groups in total. The molecule has 0 spiro atoms. The van der Waals surface area contributed by atoms with E-state index < -0.39 is 0 Å². The molecule has 5 heteroatoms. The van der Waals surface area contributed by atoms with Gasteiger partial charge in [0, 0.05) is 25.9 Å². The third-order valence-electron chi connectivity index (χ3n) is 3.82. The predicted octanol–water partition coefficient (Wildman–Crippen LogP) is 2.31. The van der Waals surface area contributed by atoms with Gasteiger partial charge >= 0.3 is 0 Å². The lowest BCUT2D eigenvalue weighted by atomic mass is 10.1. The van der Waals surface area contributed by atoms with Crippen LogP contribution in [0.15, 0.2) is 48.8 Å². The Balaban J connectivity index is 1.49. The molecule has 1 aliphatic heterocycles. The van der Waals surface area contributed by atoms with Crippen molar-refractivity contribution in [2.24, 2.45) is 0 Å². The molecule has 5 nitrogen and oxygen atoms in total. The molecule has 3 rings (SSSR count). The summed E-state index contributed by atoms with van der Waals surface area (Å²) < 4.78 is 11.6. The second-order valence-electron chi connectivity index (χ2n) is 5.63. The second-order valence-corrected chi connectivity index (χ2v) is 5.63. The summed E-state index contributed by atoms with van der Waals surface area (Å²) in [6.45, 7) is 0.970. The number of nitrogens with zero attached hydrogens (tertiary/aromatic N) is 2. The zero-order valence-corrected chi connectivity index (χ0v) is 13.1. The molecule has 23 heavy (non-hydrogen) atoms. The maximum Gasteiger partial charge on any atom is 0.222 e. The predicted molar refractivity (Wildman–Crippen MR) is 86.5 cm³/mol. The molecule has 1 atom stereocenters. The number of amides is 1. The normalized spacial score (nSPS) is 16.0. The fourth-order valence-electron chi connectivity index (χ4n) is 2.55. The number of aryl methyl sites for hydroxylation is 1. The van der Waals surface area contributed by atoms with Crippen molar-refractivity contribution in [1.29, 1.82) is 0 Å². The SMILES string of the molecule is CN(C[C@H]1COc2ccccc2O1)C(=O)CCc1cccnc1. The van der Waals surface area contributed by atoms with Gasteiger partial charge in [-0.1, -0.05) is 18.2 Å². The van der Waals surface area contributed by atoms with Gasteiger partial charge in [-0.15, -0.1) is 0 Å². The Morgan fingerprint density at radius 3 is 2.87 bits per heavy atom. The van der Waals surface area contributed by atoms with Crippen LogP contribution in [-0.2, 0) is 11.2 Å². The van der Waals surface area contributed by atoms with E-state index in [1.165, 1.54) is 0 Å². The molecule has 0 fully saturated rings. The van der Waals surface area contributed by atoms with Crippen molar-refractivity contribution in [1.82, 2.24) is 9.88 Å². The summed E-state index contributed by atoms with van der Waals surface area (Å²) in [6.07, 6.45) is 4.55. The molecular formula is C18H20N2O3. The fraction of sp³-hybridized carbons (Fsp3) is 0.333. The summed E-state index contributed by atoms with van der Waals surface area (Å²) in [5.41, 5.74) is 1.07. The van der Waals surface area contributed by atoms with Gasteiger partial charge in [-0.2, -0.15) is 0 Å². The largest absolute Gasteiger partial charge is 0.486 e. The fourth-order valence-corrected chi connectivity index (χ4v) is 2.55. The third-order valence-corrected chi connectivity index (χ3v) is 3.82. The summed E-state index contributed by atoms with van der Waals surface area (Å²) in [7, 11) is 1.80. The van der Waals surface area contributed by atoms with Gasteiger partial charge in [0.25, 0.3) is 0 Å². The molecule has 0 saturated heterocycles. The number of para-hydroxylation sites is 2. The molecule has 1 aliphatic rings. The van der Waals surface area contributed by atoms with Gasteiger partial charge in [0.1, 0.15) is 6.61 Å². The summed E-state index contributed by atoms with van der Waals surface area (Å²) in [5.74, 6) is 1.59. The highest BCUT2D eigenvalue weighted by atomic mass is 16.6. The molecule has 1 amide bonds. The Hall–Kier alpha value is -2.56. The summed E-state index contributed by atoms with van der Waals surface area (Å²) in [4.78, 5) is 18.0. The molecule has 2 aromatic rings. The zero-order valence-electron chi connectivity index (χ0n) is 13.1. The Morgan fingerprint density at radius 1 is 1.26 bits per heavy atom. The van der Waals surface area contributed by atoms with Crippen molar-refractivity contribution in [2.75, 3.05) is 20.2 Å². The number of benzene rings is 1. The van der Waals surface area contributed by atoms with Crippen LogP contribution < -0.4 is 9.47 Å². The number of likely N-dealkylation sites (N-methyl/N-ethyl adjacent to an activating group) is 1. The minimum Gasteiger partial charge on any atom is -0.486 e. The van der Waals surface area contributed by atoms with Crippen LogP contribution in [0.5, 0.6) is 11.5 Å². The first-order valence-electron chi connectivity index (χ1n) is 7.74. The summed E-state index contributed by atoms with van der Waals surface area (Å²) in [6, 6.07) is 11.5. The van der Waals surface area contributed by atoms with Crippen molar-refractivity contribution in [3.63, 3.8) is 0 Å². The number of ether oxygens (including phenoxy) is 2. The molecule has 0 unspecified atom stereocenters. The van der Waals surface area contributed by atoms with Crippen LogP contribution in [0.1, 0.15) is 12.0 Å². The van der Waals surface area contributed by atoms with Crippen molar-refractivity contribution in [2.45, 2.75) is 18.9 Å². The van der Waals surface area contributed by atoms with Crippen LogP contribution in [0.25, 0.3) is 0 Å². The van der Waals surface area contributed by atoms with Crippen LogP contribution in [0.3, 0.4) is 0 Å². The van der Waals surface area contributed by atoms with E-state index in [1.807, 2.05) is 36.4 Å².